The van der Waals surface area contributed by atoms with Crippen molar-refractivity contribution in [2.24, 2.45) is 5.73 Å². The molecule has 13 heavy (non-hydrogen) atoms. The molecule has 0 saturated carbocycles. The summed E-state index contributed by atoms with van der Waals surface area (Å²) >= 11 is 0. The van der Waals surface area contributed by atoms with Crippen LogP contribution in [0.3, 0.4) is 0 Å². The van der Waals surface area contributed by atoms with Crippen LogP contribution in [0, 0.1) is 11.3 Å². The number of hydrogen-bond donors (Lipinski definition) is 1. The Morgan fingerprint density at radius 1 is 1.54 bits per heavy atom. The summed E-state index contributed by atoms with van der Waals surface area (Å²) in [6.45, 7) is 1.88. The molecule has 1 unspecified atom stereocenters. The molecule has 1 atom stereocenters. The molecule has 3 nitrogen and oxygen atoms in total. The predicted octanol–water partition coefficient (Wildman–Crippen LogP) is 1.59. The van der Waals surface area contributed by atoms with Crippen molar-refractivity contribution in [2.45, 2.75) is 13.0 Å². The van der Waals surface area contributed by atoms with Crippen LogP contribution in [0.4, 0.5) is 0 Å². The monoisotopic (exact) mass is 176 g/mol. The molecule has 0 aromatic heterocycles. The largest absolute Gasteiger partial charge is 0.495 e. The molecule has 0 aliphatic rings. The Labute approximate surface area is 77.7 Å². The Morgan fingerprint density at radius 2 is 2.23 bits per heavy atom. The van der Waals surface area contributed by atoms with Gasteiger partial charge in [0, 0.05) is 6.04 Å². The van der Waals surface area contributed by atoms with Gasteiger partial charge in [-0.05, 0) is 24.6 Å². The van der Waals surface area contributed by atoms with Crippen molar-refractivity contribution >= 4 is 0 Å². The lowest BCUT2D eigenvalue weighted by Crippen LogP contribution is -2.05. The van der Waals surface area contributed by atoms with Gasteiger partial charge in [0.15, 0.2) is 0 Å². The Morgan fingerprint density at radius 3 is 2.69 bits per heavy atom. The minimum absolute atomic E-state index is 0.0574. The number of nitrogens with zero attached hydrogens (tertiary/aromatic N) is 1. The summed E-state index contributed by atoms with van der Waals surface area (Å²) in [5.74, 6) is 0.590. The molecule has 0 fully saturated rings. The molecule has 0 amide bonds. The second-order valence-electron chi connectivity index (χ2n) is 2.86. The van der Waals surface area contributed by atoms with E-state index in [0.717, 1.165) is 5.56 Å². The average molecular weight is 176 g/mol. The van der Waals surface area contributed by atoms with Crippen LogP contribution in [-0.2, 0) is 0 Å². The van der Waals surface area contributed by atoms with Gasteiger partial charge in [0.2, 0.25) is 0 Å². The zero-order valence-corrected chi connectivity index (χ0v) is 7.74. The number of ether oxygens (including phenoxy) is 1. The topological polar surface area (TPSA) is 59.0 Å². The van der Waals surface area contributed by atoms with E-state index in [-0.39, 0.29) is 6.04 Å². The van der Waals surface area contributed by atoms with Crippen molar-refractivity contribution in [3.05, 3.63) is 29.3 Å². The molecule has 2 N–H and O–H groups in total. The Balaban J connectivity index is 3.15. The smallest absolute Gasteiger partial charge is 0.136 e. The van der Waals surface area contributed by atoms with Crippen LogP contribution in [0.2, 0.25) is 0 Å². The molecule has 1 aromatic carbocycles. The molecule has 0 bridgehead atoms. The Hall–Kier alpha value is -1.53. The fourth-order valence-corrected chi connectivity index (χ4v) is 1.10. The van der Waals surface area contributed by atoms with Gasteiger partial charge in [0.05, 0.1) is 12.7 Å². The number of nitrogens with two attached hydrogens (primary N) is 1. The normalized spacial score (nSPS) is 11.8. The van der Waals surface area contributed by atoms with Gasteiger partial charge in [0.1, 0.15) is 11.8 Å². The van der Waals surface area contributed by atoms with E-state index in [0.29, 0.717) is 11.3 Å². The third kappa shape index (κ3) is 1.98. The van der Waals surface area contributed by atoms with Crippen molar-refractivity contribution in [1.29, 1.82) is 5.26 Å². The fourth-order valence-electron chi connectivity index (χ4n) is 1.10. The van der Waals surface area contributed by atoms with E-state index in [4.69, 9.17) is 15.7 Å². The third-order valence-corrected chi connectivity index (χ3v) is 1.87. The van der Waals surface area contributed by atoms with E-state index in [2.05, 4.69) is 6.07 Å². The summed E-state index contributed by atoms with van der Waals surface area (Å²) in [6, 6.07) is 7.38. The van der Waals surface area contributed by atoms with E-state index in [1.807, 2.05) is 13.0 Å². The molecule has 0 radical (unpaired) electrons. The van der Waals surface area contributed by atoms with E-state index >= 15 is 0 Å². The minimum Gasteiger partial charge on any atom is -0.495 e. The minimum atomic E-state index is -0.0574. The molecule has 0 heterocycles. The lowest BCUT2D eigenvalue weighted by Gasteiger charge is -2.08. The highest BCUT2D eigenvalue weighted by Gasteiger charge is 2.05. The highest BCUT2D eigenvalue weighted by molar-refractivity contribution is 5.45. The van der Waals surface area contributed by atoms with Gasteiger partial charge in [-0.15, -0.1) is 0 Å². The van der Waals surface area contributed by atoms with E-state index in [1.54, 1.807) is 19.2 Å². The van der Waals surface area contributed by atoms with Crippen molar-refractivity contribution in [3.8, 4) is 11.8 Å². The lowest BCUT2D eigenvalue weighted by molar-refractivity contribution is 0.413. The van der Waals surface area contributed by atoms with E-state index in [1.165, 1.54) is 0 Å². The van der Waals surface area contributed by atoms with Gasteiger partial charge < -0.3 is 10.5 Å². The van der Waals surface area contributed by atoms with Crippen LogP contribution in [0.1, 0.15) is 24.1 Å². The van der Waals surface area contributed by atoms with Crippen LogP contribution >= 0.6 is 0 Å². The molecule has 0 saturated heterocycles. The van der Waals surface area contributed by atoms with E-state index < -0.39 is 0 Å². The first-order chi connectivity index (χ1) is 6.19. The number of rotatable bonds is 2. The molecule has 0 spiro atoms. The van der Waals surface area contributed by atoms with Crippen LogP contribution in [0.5, 0.6) is 5.75 Å². The van der Waals surface area contributed by atoms with Crippen LogP contribution in [0.15, 0.2) is 18.2 Å². The summed E-state index contributed by atoms with van der Waals surface area (Å²) in [5, 5.41) is 8.78. The lowest BCUT2D eigenvalue weighted by atomic mass is 10.1. The van der Waals surface area contributed by atoms with Crippen LogP contribution in [-0.4, -0.2) is 7.11 Å². The zero-order valence-electron chi connectivity index (χ0n) is 7.74. The molecular formula is C10H12N2O. The van der Waals surface area contributed by atoms with Crippen molar-refractivity contribution in [1.82, 2.24) is 0 Å². The molecule has 0 aliphatic carbocycles. The van der Waals surface area contributed by atoms with Gasteiger partial charge in [-0.3, -0.25) is 0 Å². The van der Waals surface area contributed by atoms with Gasteiger partial charge in [-0.1, -0.05) is 6.07 Å². The summed E-state index contributed by atoms with van der Waals surface area (Å²) in [6.07, 6.45) is 0. The maximum Gasteiger partial charge on any atom is 0.136 e. The summed E-state index contributed by atoms with van der Waals surface area (Å²) in [5.41, 5.74) is 7.15. The van der Waals surface area contributed by atoms with Gasteiger partial charge in [-0.25, -0.2) is 0 Å². The first kappa shape index (κ1) is 9.56. The Kier molecular flexibility index (Phi) is 2.88. The summed E-state index contributed by atoms with van der Waals surface area (Å²) < 4.78 is 5.01. The molecule has 68 valence electrons. The van der Waals surface area contributed by atoms with Crippen molar-refractivity contribution in [2.75, 3.05) is 7.11 Å². The predicted molar refractivity (Wildman–Crippen MR) is 50.3 cm³/mol. The first-order valence-corrected chi connectivity index (χ1v) is 4.02. The molecule has 3 heteroatoms. The summed E-state index contributed by atoms with van der Waals surface area (Å²) in [4.78, 5) is 0. The third-order valence-electron chi connectivity index (χ3n) is 1.87. The number of nitriles is 1. The average Bonchev–Trinajstić information content (AvgIpc) is 2.16. The number of methoxy groups -OCH3 is 1. The maximum absolute atomic E-state index is 8.78. The van der Waals surface area contributed by atoms with Gasteiger partial charge in [0.25, 0.3) is 0 Å². The Bertz CT molecular complexity index is 339. The molecule has 1 aromatic rings. The molecular weight excluding hydrogens is 164 g/mol. The van der Waals surface area contributed by atoms with Crippen LogP contribution < -0.4 is 10.5 Å². The highest BCUT2D eigenvalue weighted by atomic mass is 16.5. The van der Waals surface area contributed by atoms with E-state index in [9.17, 15) is 0 Å². The molecule has 0 aliphatic heterocycles. The van der Waals surface area contributed by atoms with Gasteiger partial charge >= 0.3 is 0 Å². The fraction of sp³-hybridized carbons (Fsp3) is 0.300. The molecule has 1 rings (SSSR count). The highest BCUT2D eigenvalue weighted by Crippen LogP contribution is 2.21. The number of benzene rings is 1. The van der Waals surface area contributed by atoms with Gasteiger partial charge in [-0.2, -0.15) is 5.26 Å². The number of hydrogen-bond acceptors (Lipinski definition) is 3. The quantitative estimate of drug-likeness (QED) is 0.744. The second kappa shape index (κ2) is 3.92. The van der Waals surface area contributed by atoms with Crippen LogP contribution in [0.25, 0.3) is 0 Å². The SMILES string of the molecule is COc1ccc(C(C)N)cc1C#N. The zero-order chi connectivity index (χ0) is 9.84. The first-order valence-electron chi connectivity index (χ1n) is 4.02. The standard InChI is InChI=1S/C10H12N2O/c1-7(12)8-3-4-10(13-2)9(5-8)6-11/h3-5,7H,12H2,1-2H3. The summed E-state index contributed by atoms with van der Waals surface area (Å²) in [7, 11) is 1.54. The maximum atomic E-state index is 8.78. The van der Waals surface area contributed by atoms with Crippen molar-refractivity contribution < 1.29 is 4.74 Å². The second-order valence-corrected chi connectivity index (χ2v) is 2.86. The van der Waals surface area contributed by atoms with Crippen molar-refractivity contribution in [3.63, 3.8) is 0 Å².